The first-order chi connectivity index (χ1) is 9.89. The van der Waals surface area contributed by atoms with Gasteiger partial charge in [-0.25, -0.2) is 8.42 Å². The largest absolute Gasteiger partial charge is 0.398 e. The maximum absolute atomic E-state index is 12.8. The van der Waals surface area contributed by atoms with Crippen molar-refractivity contribution < 1.29 is 13.2 Å². The third kappa shape index (κ3) is 3.00. The van der Waals surface area contributed by atoms with Crippen LogP contribution in [0, 0.1) is 0 Å². The minimum Gasteiger partial charge on any atom is -0.398 e. The molecule has 1 fully saturated rings. The molecular weight excluding hydrogens is 314 g/mol. The molecule has 1 unspecified atom stereocenters. The summed E-state index contributed by atoms with van der Waals surface area (Å²) in [6.45, 7) is 0.283. The van der Waals surface area contributed by atoms with Gasteiger partial charge in [0.1, 0.15) is 10.9 Å². The second-order valence-corrected chi connectivity index (χ2v) is 7.13. The average Bonchev–Trinajstić information content (AvgIpc) is 2.46. The number of hydrogen-bond acceptors (Lipinski definition) is 4. The van der Waals surface area contributed by atoms with Gasteiger partial charge in [0, 0.05) is 13.6 Å². The van der Waals surface area contributed by atoms with Crippen molar-refractivity contribution in [2.45, 2.75) is 30.2 Å². The predicted octanol–water partition coefficient (Wildman–Crippen LogP) is 1.21. The number of sulfonamides is 1. The molecule has 1 aromatic carbocycles. The molecule has 1 heterocycles. The molecule has 3 N–H and O–H groups in total. The van der Waals surface area contributed by atoms with Crippen molar-refractivity contribution in [2.75, 3.05) is 19.3 Å². The van der Waals surface area contributed by atoms with Crippen molar-refractivity contribution in [1.82, 2.24) is 9.62 Å². The molecule has 1 atom stereocenters. The van der Waals surface area contributed by atoms with E-state index in [-0.39, 0.29) is 28.1 Å². The molecule has 1 saturated heterocycles. The van der Waals surface area contributed by atoms with Crippen LogP contribution in [0.5, 0.6) is 0 Å². The van der Waals surface area contributed by atoms with Gasteiger partial charge >= 0.3 is 0 Å². The number of nitrogens with zero attached hydrogens (tertiary/aromatic N) is 1. The number of amides is 1. The molecule has 21 heavy (non-hydrogen) atoms. The van der Waals surface area contributed by atoms with Crippen LogP contribution in [0.2, 0.25) is 5.02 Å². The Hall–Kier alpha value is -1.31. The van der Waals surface area contributed by atoms with Crippen molar-refractivity contribution in [2.24, 2.45) is 0 Å². The van der Waals surface area contributed by atoms with E-state index in [1.165, 1.54) is 23.5 Å². The zero-order valence-electron chi connectivity index (χ0n) is 11.7. The number of hydrogen-bond donors (Lipinski definition) is 2. The molecule has 0 spiro atoms. The van der Waals surface area contributed by atoms with Crippen molar-refractivity contribution >= 4 is 33.2 Å². The van der Waals surface area contributed by atoms with E-state index < -0.39 is 16.1 Å². The average molecular weight is 332 g/mol. The molecule has 2 rings (SSSR count). The number of halogens is 1. The first-order valence-electron chi connectivity index (χ1n) is 6.67. The first-order valence-corrected chi connectivity index (χ1v) is 8.49. The van der Waals surface area contributed by atoms with Gasteiger partial charge in [0.25, 0.3) is 0 Å². The monoisotopic (exact) mass is 331 g/mol. The Bertz CT molecular complexity index is 628. The predicted molar refractivity (Wildman–Crippen MR) is 81.5 cm³/mol. The van der Waals surface area contributed by atoms with Crippen molar-refractivity contribution in [1.29, 1.82) is 0 Å². The van der Waals surface area contributed by atoms with Crippen LogP contribution in [0.3, 0.4) is 0 Å². The van der Waals surface area contributed by atoms with Crippen molar-refractivity contribution in [3.8, 4) is 0 Å². The van der Waals surface area contributed by atoms with Gasteiger partial charge in [0.05, 0.1) is 10.7 Å². The Labute approximate surface area is 129 Å². The Balaban J connectivity index is 2.48. The van der Waals surface area contributed by atoms with Crippen LogP contribution in [-0.4, -0.2) is 38.3 Å². The molecule has 1 aliphatic heterocycles. The highest BCUT2D eigenvalue weighted by Gasteiger charge is 2.38. The molecule has 0 saturated carbocycles. The van der Waals surface area contributed by atoms with Crippen LogP contribution < -0.4 is 11.1 Å². The van der Waals surface area contributed by atoms with E-state index in [9.17, 15) is 13.2 Å². The molecule has 0 aliphatic carbocycles. The molecular formula is C13H18ClN3O3S. The molecule has 116 valence electrons. The Morgan fingerprint density at radius 2 is 2.14 bits per heavy atom. The van der Waals surface area contributed by atoms with Gasteiger partial charge in [-0.3, -0.25) is 4.79 Å². The summed E-state index contributed by atoms with van der Waals surface area (Å²) in [7, 11) is -2.42. The van der Waals surface area contributed by atoms with Crippen LogP contribution in [0.1, 0.15) is 19.3 Å². The lowest BCUT2D eigenvalue weighted by atomic mass is 10.0. The van der Waals surface area contributed by atoms with Crippen LogP contribution in [0.4, 0.5) is 5.69 Å². The highest BCUT2D eigenvalue weighted by molar-refractivity contribution is 7.89. The highest BCUT2D eigenvalue weighted by atomic mass is 35.5. The fourth-order valence-corrected chi connectivity index (χ4v) is 4.83. The number of carbonyl (C=O) groups is 1. The van der Waals surface area contributed by atoms with Gasteiger partial charge in [-0.1, -0.05) is 24.1 Å². The third-order valence-corrected chi connectivity index (χ3v) is 6.02. The second-order valence-electron chi connectivity index (χ2n) is 4.90. The zero-order valence-corrected chi connectivity index (χ0v) is 13.2. The van der Waals surface area contributed by atoms with Crippen LogP contribution in [-0.2, 0) is 14.8 Å². The number of anilines is 1. The number of piperidine rings is 1. The van der Waals surface area contributed by atoms with Gasteiger partial charge in [-0.2, -0.15) is 4.31 Å². The number of nitrogen functional groups attached to an aromatic ring is 1. The van der Waals surface area contributed by atoms with E-state index in [1.54, 1.807) is 6.07 Å². The van der Waals surface area contributed by atoms with E-state index in [4.69, 9.17) is 17.3 Å². The summed E-state index contributed by atoms with van der Waals surface area (Å²) >= 11 is 6.01. The maximum Gasteiger partial charge on any atom is 0.247 e. The van der Waals surface area contributed by atoms with E-state index in [1.807, 2.05) is 0 Å². The first kappa shape index (κ1) is 16.1. The maximum atomic E-state index is 12.8. The van der Waals surface area contributed by atoms with Crippen molar-refractivity contribution in [3.05, 3.63) is 23.2 Å². The standard InChI is InChI=1S/C13H18ClN3O3S/c1-16-13(18)11-7-2-3-8-17(11)21(19,20)12-9(14)5-4-6-10(12)15/h4-6,11H,2-3,7-8,15H2,1H3,(H,16,18). The highest BCUT2D eigenvalue weighted by Crippen LogP contribution is 2.33. The number of nitrogens with one attached hydrogen (secondary N) is 1. The van der Waals surface area contributed by atoms with E-state index >= 15 is 0 Å². The lowest BCUT2D eigenvalue weighted by Crippen LogP contribution is -2.51. The van der Waals surface area contributed by atoms with Gasteiger partial charge in [0.2, 0.25) is 15.9 Å². The Morgan fingerprint density at radius 1 is 1.43 bits per heavy atom. The number of carbonyl (C=O) groups excluding carboxylic acids is 1. The number of nitrogens with two attached hydrogens (primary N) is 1. The summed E-state index contributed by atoms with van der Waals surface area (Å²) in [5.74, 6) is -0.316. The zero-order chi connectivity index (χ0) is 15.6. The van der Waals surface area contributed by atoms with Crippen molar-refractivity contribution in [3.63, 3.8) is 0 Å². The van der Waals surface area contributed by atoms with E-state index in [0.717, 1.165) is 6.42 Å². The van der Waals surface area contributed by atoms with Gasteiger partial charge in [-0.05, 0) is 25.0 Å². The summed E-state index contributed by atoms with van der Waals surface area (Å²) in [5, 5.41) is 2.57. The Morgan fingerprint density at radius 3 is 2.76 bits per heavy atom. The van der Waals surface area contributed by atoms with Crippen LogP contribution in [0.25, 0.3) is 0 Å². The molecule has 0 bridgehead atoms. The van der Waals surface area contributed by atoms with Gasteiger partial charge < -0.3 is 11.1 Å². The topological polar surface area (TPSA) is 92.5 Å². The fourth-order valence-electron chi connectivity index (χ4n) is 2.54. The SMILES string of the molecule is CNC(=O)C1CCCCN1S(=O)(=O)c1c(N)cccc1Cl. The van der Waals surface area contributed by atoms with Gasteiger partial charge in [0.15, 0.2) is 0 Å². The summed E-state index contributed by atoms with van der Waals surface area (Å²) in [6.07, 6.45) is 2.00. The quantitative estimate of drug-likeness (QED) is 0.814. The lowest BCUT2D eigenvalue weighted by Gasteiger charge is -2.33. The van der Waals surface area contributed by atoms with Crippen LogP contribution in [0.15, 0.2) is 23.1 Å². The van der Waals surface area contributed by atoms with E-state index in [2.05, 4.69) is 5.32 Å². The fraction of sp³-hybridized carbons (Fsp3) is 0.462. The molecule has 1 amide bonds. The van der Waals surface area contributed by atoms with E-state index in [0.29, 0.717) is 12.8 Å². The minimum atomic E-state index is -3.91. The van der Waals surface area contributed by atoms with Crippen LogP contribution >= 0.6 is 11.6 Å². The summed E-state index contributed by atoms with van der Waals surface area (Å²) in [6, 6.07) is 3.83. The molecule has 8 heteroatoms. The van der Waals surface area contributed by atoms with Gasteiger partial charge in [-0.15, -0.1) is 0 Å². The molecule has 0 aromatic heterocycles. The lowest BCUT2D eigenvalue weighted by molar-refractivity contribution is -0.125. The molecule has 0 radical (unpaired) electrons. The normalized spacial score (nSPS) is 20.2. The molecule has 1 aliphatic rings. The number of rotatable bonds is 3. The minimum absolute atomic E-state index is 0.0660. The number of benzene rings is 1. The summed E-state index contributed by atoms with van der Waals surface area (Å²) in [4.78, 5) is 11.8. The molecule has 1 aromatic rings. The smallest absolute Gasteiger partial charge is 0.247 e. The molecule has 6 nitrogen and oxygen atoms in total. The number of likely N-dealkylation sites (N-methyl/N-ethyl adjacent to an activating group) is 1. The second kappa shape index (κ2) is 6.21. The third-order valence-electron chi connectivity index (χ3n) is 3.57. The Kier molecular flexibility index (Phi) is 4.75. The summed E-state index contributed by atoms with van der Waals surface area (Å²) < 4.78 is 26.9. The summed E-state index contributed by atoms with van der Waals surface area (Å²) in [5.41, 5.74) is 5.86.